The van der Waals surface area contributed by atoms with Crippen LogP contribution in [0.25, 0.3) is 11.1 Å². The van der Waals surface area contributed by atoms with Crippen LogP contribution in [0.3, 0.4) is 0 Å². The van der Waals surface area contributed by atoms with Crippen molar-refractivity contribution in [2.45, 2.75) is 26.2 Å². The van der Waals surface area contributed by atoms with Crippen molar-refractivity contribution < 1.29 is 4.74 Å². The molecule has 0 saturated carbocycles. The SMILES string of the molecule is C=CCCc1ccc(C#Cc2ccc(-c3ccc(C#Cc4ccc(OCCC)cc4)cc3)cc2)cc1. The number of hydrogen-bond donors (Lipinski definition) is 0. The lowest BCUT2D eigenvalue weighted by Gasteiger charge is -2.03. The van der Waals surface area contributed by atoms with E-state index in [1.54, 1.807) is 0 Å². The standard InChI is InChI=1S/C35H30O/c1-3-5-6-28-7-9-29(10-8-28)11-12-30-15-21-33(22-16-30)34-23-17-31(18-24-34)13-14-32-19-25-35(26-20-32)36-27-4-2/h3,7-10,15-26H,1,4-6,27H2,2H3. The molecule has 0 aliphatic carbocycles. The highest BCUT2D eigenvalue weighted by Crippen LogP contribution is 2.20. The first-order valence-corrected chi connectivity index (χ1v) is 12.4. The monoisotopic (exact) mass is 466 g/mol. The molecule has 0 radical (unpaired) electrons. The second-order valence-electron chi connectivity index (χ2n) is 8.55. The molecule has 0 amide bonds. The van der Waals surface area contributed by atoms with E-state index in [-0.39, 0.29) is 0 Å². The van der Waals surface area contributed by atoms with Crippen molar-refractivity contribution in [3.05, 3.63) is 138 Å². The number of aryl methyl sites for hydroxylation is 1. The van der Waals surface area contributed by atoms with Gasteiger partial charge in [-0.1, -0.05) is 73.1 Å². The van der Waals surface area contributed by atoms with Crippen molar-refractivity contribution in [2.24, 2.45) is 0 Å². The van der Waals surface area contributed by atoms with Crippen LogP contribution in [0.4, 0.5) is 0 Å². The van der Waals surface area contributed by atoms with Gasteiger partial charge in [-0.25, -0.2) is 0 Å². The topological polar surface area (TPSA) is 9.23 Å². The van der Waals surface area contributed by atoms with Gasteiger partial charge in [0, 0.05) is 22.3 Å². The zero-order valence-corrected chi connectivity index (χ0v) is 20.8. The number of allylic oxidation sites excluding steroid dienone is 1. The molecule has 1 nitrogen and oxygen atoms in total. The summed E-state index contributed by atoms with van der Waals surface area (Å²) in [5.74, 6) is 13.9. The predicted octanol–water partition coefficient (Wildman–Crippen LogP) is 8.06. The van der Waals surface area contributed by atoms with E-state index < -0.39 is 0 Å². The molecule has 0 heterocycles. The number of ether oxygens (including phenoxy) is 1. The number of benzene rings is 4. The molecular formula is C35H30O. The Labute approximate surface area is 215 Å². The predicted molar refractivity (Wildman–Crippen MR) is 151 cm³/mol. The zero-order valence-electron chi connectivity index (χ0n) is 20.8. The van der Waals surface area contributed by atoms with Crippen LogP contribution in [0.5, 0.6) is 5.75 Å². The summed E-state index contributed by atoms with van der Waals surface area (Å²) in [6.07, 6.45) is 4.97. The van der Waals surface area contributed by atoms with Crippen LogP contribution in [-0.4, -0.2) is 6.61 Å². The van der Waals surface area contributed by atoms with Gasteiger partial charge in [-0.2, -0.15) is 0 Å². The van der Waals surface area contributed by atoms with Gasteiger partial charge in [0.2, 0.25) is 0 Å². The van der Waals surface area contributed by atoms with Gasteiger partial charge in [0.1, 0.15) is 5.75 Å². The van der Waals surface area contributed by atoms with Crippen LogP contribution in [0.1, 0.15) is 47.6 Å². The van der Waals surface area contributed by atoms with Crippen molar-refractivity contribution in [1.29, 1.82) is 0 Å². The maximum Gasteiger partial charge on any atom is 0.119 e. The van der Waals surface area contributed by atoms with Crippen molar-refractivity contribution in [3.63, 3.8) is 0 Å². The molecular weight excluding hydrogens is 436 g/mol. The zero-order chi connectivity index (χ0) is 25.0. The van der Waals surface area contributed by atoms with Gasteiger partial charge in [0.05, 0.1) is 6.61 Å². The molecule has 1 heteroatoms. The normalized spacial score (nSPS) is 9.92. The van der Waals surface area contributed by atoms with E-state index in [1.165, 1.54) is 5.56 Å². The average Bonchev–Trinajstić information content (AvgIpc) is 2.94. The Morgan fingerprint density at radius 1 is 0.611 bits per heavy atom. The molecule has 4 aromatic rings. The quantitative estimate of drug-likeness (QED) is 0.198. The highest BCUT2D eigenvalue weighted by atomic mass is 16.5. The third kappa shape index (κ3) is 7.27. The highest BCUT2D eigenvalue weighted by Gasteiger charge is 1.99. The van der Waals surface area contributed by atoms with Crippen molar-refractivity contribution >= 4 is 0 Å². The maximum atomic E-state index is 5.63. The minimum atomic E-state index is 0.735. The van der Waals surface area contributed by atoms with Gasteiger partial charge in [0.25, 0.3) is 0 Å². The van der Waals surface area contributed by atoms with E-state index in [1.807, 2.05) is 30.3 Å². The lowest BCUT2D eigenvalue weighted by Crippen LogP contribution is -1.94. The van der Waals surface area contributed by atoms with Crippen molar-refractivity contribution in [3.8, 4) is 40.6 Å². The molecule has 0 N–H and O–H groups in total. The highest BCUT2D eigenvalue weighted by molar-refractivity contribution is 5.65. The summed E-state index contributed by atoms with van der Waals surface area (Å²) in [6, 6.07) is 33.1. The van der Waals surface area contributed by atoms with Gasteiger partial charge < -0.3 is 4.74 Å². The number of hydrogen-bond acceptors (Lipinski definition) is 1. The summed E-state index contributed by atoms with van der Waals surface area (Å²) in [5, 5.41) is 0. The van der Waals surface area contributed by atoms with Crippen LogP contribution < -0.4 is 4.74 Å². The van der Waals surface area contributed by atoms with E-state index in [0.717, 1.165) is 65.0 Å². The van der Waals surface area contributed by atoms with Gasteiger partial charge in [-0.3, -0.25) is 0 Å². The van der Waals surface area contributed by atoms with Crippen LogP contribution in [0, 0.1) is 23.7 Å². The van der Waals surface area contributed by atoms with Gasteiger partial charge in [0.15, 0.2) is 0 Å². The van der Waals surface area contributed by atoms with Crippen LogP contribution >= 0.6 is 0 Å². The minimum Gasteiger partial charge on any atom is -0.494 e. The summed E-state index contributed by atoms with van der Waals surface area (Å²) in [6.45, 7) is 6.62. The third-order valence-corrected chi connectivity index (χ3v) is 5.72. The summed E-state index contributed by atoms with van der Waals surface area (Å²) < 4.78 is 5.63. The molecule has 0 bridgehead atoms. The van der Waals surface area contributed by atoms with Gasteiger partial charge in [-0.15, -0.1) is 6.58 Å². The molecule has 0 aromatic heterocycles. The van der Waals surface area contributed by atoms with E-state index in [2.05, 4.69) is 110 Å². The van der Waals surface area contributed by atoms with E-state index in [9.17, 15) is 0 Å². The first-order chi connectivity index (χ1) is 17.7. The van der Waals surface area contributed by atoms with Gasteiger partial charge >= 0.3 is 0 Å². The first kappa shape index (κ1) is 24.7. The smallest absolute Gasteiger partial charge is 0.119 e. The third-order valence-electron chi connectivity index (χ3n) is 5.72. The minimum absolute atomic E-state index is 0.735. The molecule has 36 heavy (non-hydrogen) atoms. The molecule has 0 spiro atoms. The Morgan fingerprint density at radius 3 is 1.44 bits per heavy atom. The molecule has 4 aromatic carbocycles. The van der Waals surface area contributed by atoms with Crippen molar-refractivity contribution in [2.75, 3.05) is 6.61 Å². The van der Waals surface area contributed by atoms with E-state index in [0.29, 0.717) is 0 Å². The summed E-state index contributed by atoms with van der Waals surface area (Å²) >= 11 is 0. The van der Waals surface area contributed by atoms with E-state index >= 15 is 0 Å². The largest absolute Gasteiger partial charge is 0.494 e. The van der Waals surface area contributed by atoms with Crippen LogP contribution in [0.15, 0.2) is 110 Å². The number of rotatable bonds is 7. The molecule has 0 aliphatic rings. The molecule has 0 fully saturated rings. The summed E-state index contributed by atoms with van der Waals surface area (Å²) in [5.41, 5.74) is 7.63. The molecule has 0 aliphatic heterocycles. The summed E-state index contributed by atoms with van der Waals surface area (Å²) in [7, 11) is 0. The lowest BCUT2D eigenvalue weighted by molar-refractivity contribution is 0.317. The van der Waals surface area contributed by atoms with Crippen LogP contribution in [-0.2, 0) is 6.42 Å². The second-order valence-corrected chi connectivity index (χ2v) is 8.55. The Hall–Kier alpha value is -4.46. The Morgan fingerprint density at radius 2 is 1.03 bits per heavy atom. The average molecular weight is 467 g/mol. The Kier molecular flexibility index (Phi) is 8.80. The second kappa shape index (κ2) is 12.9. The Bertz CT molecular complexity index is 1380. The Balaban J connectivity index is 1.37. The van der Waals surface area contributed by atoms with E-state index in [4.69, 9.17) is 4.74 Å². The first-order valence-electron chi connectivity index (χ1n) is 12.4. The maximum absolute atomic E-state index is 5.63. The molecule has 0 unspecified atom stereocenters. The lowest BCUT2D eigenvalue weighted by atomic mass is 10.0. The fourth-order valence-electron chi connectivity index (χ4n) is 3.66. The van der Waals surface area contributed by atoms with Gasteiger partial charge in [-0.05, 0) is 96.6 Å². The fourth-order valence-corrected chi connectivity index (χ4v) is 3.66. The van der Waals surface area contributed by atoms with Crippen LogP contribution in [0.2, 0.25) is 0 Å². The molecule has 0 atom stereocenters. The molecule has 0 saturated heterocycles. The summed E-state index contributed by atoms with van der Waals surface area (Å²) in [4.78, 5) is 0. The fraction of sp³-hybridized carbons (Fsp3) is 0.143. The molecule has 176 valence electrons. The molecule has 4 rings (SSSR count). The van der Waals surface area contributed by atoms with Crippen molar-refractivity contribution in [1.82, 2.24) is 0 Å².